The second-order valence-corrected chi connectivity index (χ2v) is 2.84. The lowest BCUT2D eigenvalue weighted by atomic mass is 10.0. The second-order valence-electron chi connectivity index (χ2n) is 2.84. The van der Waals surface area contributed by atoms with E-state index in [2.05, 4.69) is 0 Å². The smallest absolute Gasteiger partial charge is 0.339 e. The summed E-state index contributed by atoms with van der Waals surface area (Å²) in [6, 6.07) is 3.44. The number of hydrogen-bond acceptors (Lipinski definition) is 4. The van der Waals surface area contributed by atoms with Gasteiger partial charge in [-0.1, -0.05) is 12.1 Å². The summed E-state index contributed by atoms with van der Waals surface area (Å²) in [4.78, 5) is 10.6. The van der Waals surface area contributed by atoms with Crippen molar-refractivity contribution in [3.8, 4) is 5.75 Å². The first kappa shape index (κ1) is 10.5. The highest BCUT2D eigenvalue weighted by molar-refractivity contribution is 5.91. The van der Waals surface area contributed by atoms with E-state index < -0.39 is 12.0 Å². The highest BCUT2D eigenvalue weighted by atomic mass is 16.4. The maximum absolute atomic E-state index is 10.6. The number of benzene rings is 1. The molecule has 0 aliphatic carbocycles. The zero-order valence-corrected chi connectivity index (χ0v) is 7.34. The number of hydrogen-bond donors (Lipinski definition) is 4. The van der Waals surface area contributed by atoms with Crippen molar-refractivity contribution in [2.24, 2.45) is 5.73 Å². The summed E-state index contributed by atoms with van der Waals surface area (Å²) >= 11 is 0. The number of para-hydroxylation sites is 1. The SMILES string of the molecule is N[C@@H](CO)c1cccc(C(=O)O)c1O. The van der Waals surface area contributed by atoms with Crippen molar-refractivity contribution in [1.29, 1.82) is 0 Å². The quantitative estimate of drug-likeness (QED) is 0.549. The minimum atomic E-state index is -1.23. The van der Waals surface area contributed by atoms with Gasteiger partial charge >= 0.3 is 5.97 Å². The van der Waals surface area contributed by atoms with E-state index in [9.17, 15) is 9.90 Å². The number of rotatable bonds is 3. The largest absolute Gasteiger partial charge is 0.507 e. The summed E-state index contributed by atoms with van der Waals surface area (Å²) in [5.41, 5.74) is 5.47. The predicted octanol–water partition coefficient (Wildman–Crippen LogP) is 0.0825. The van der Waals surface area contributed by atoms with Crippen LogP contribution in [0.2, 0.25) is 0 Å². The minimum absolute atomic E-state index is 0.216. The standard InChI is InChI=1S/C9H11NO4/c10-7(4-11)5-2-1-3-6(8(5)12)9(13)14/h1-3,7,11-12H,4,10H2,(H,13,14)/t7-/m0/s1. The van der Waals surface area contributed by atoms with Crippen molar-refractivity contribution < 1.29 is 20.1 Å². The summed E-state index contributed by atoms with van der Waals surface area (Å²) in [6.45, 7) is -0.351. The minimum Gasteiger partial charge on any atom is -0.507 e. The van der Waals surface area contributed by atoms with Crippen LogP contribution in [0.5, 0.6) is 5.75 Å². The van der Waals surface area contributed by atoms with Gasteiger partial charge in [-0.15, -0.1) is 0 Å². The zero-order chi connectivity index (χ0) is 10.7. The zero-order valence-electron chi connectivity index (χ0n) is 7.34. The molecular formula is C9H11NO4. The van der Waals surface area contributed by atoms with Crippen LogP contribution in [0, 0.1) is 0 Å². The average molecular weight is 197 g/mol. The Kier molecular flexibility index (Phi) is 3.06. The summed E-state index contributed by atoms with van der Waals surface area (Å²) in [6.07, 6.45) is 0. The van der Waals surface area contributed by atoms with Gasteiger partial charge in [0.25, 0.3) is 0 Å². The Morgan fingerprint density at radius 2 is 2.14 bits per heavy atom. The first-order chi connectivity index (χ1) is 6.57. The van der Waals surface area contributed by atoms with Crippen molar-refractivity contribution in [2.75, 3.05) is 6.61 Å². The van der Waals surface area contributed by atoms with Crippen molar-refractivity contribution >= 4 is 5.97 Å². The molecule has 14 heavy (non-hydrogen) atoms. The molecule has 0 unspecified atom stereocenters. The number of aliphatic hydroxyl groups excluding tert-OH is 1. The van der Waals surface area contributed by atoms with Crippen LogP contribution in [0.25, 0.3) is 0 Å². The monoisotopic (exact) mass is 197 g/mol. The van der Waals surface area contributed by atoms with Gasteiger partial charge in [-0.05, 0) is 6.07 Å². The van der Waals surface area contributed by atoms with E-state index in [0.29, 0.717) is 0 Å². The molecule has 76 valence electrons. The maximum atomic E-state index is 10.6. The number of carbonyl (C=O) groups is 1. The van der Waals surface area contributed by atoms with E-state index >= 15 is 0 Å². The third-order valence-electron chi connectivity index (χ3n) is 1.89. The van der Waals surface area contributed by atoms with Gasteiger partial charge in [0.1, 0.15) is 11.3 Å². The molecule has 0 spiro atoms. The summed E-state index contributed by atoms with van der Waals surface area (Å²) in [5.74, 6) is -1.61. The van der Waals surface area contributed by atoms with Gasteiger partial charge in [-0.25, -0.2) is 4.79 Å². The molecule has 0 amide bonds. The third-order valence-corrected chi connectivity index (χ3v) is 1.89. The van der Waals surface area contributed by atoms with Crippen molar-refractivity contribution in [2.45, 2.75) is 6.04 Å². The number of carboxylic acid groups (broad SMARTS) is 1. The lowest BCUT2D eigenvalue weighted by Gasteiger charge is -2.11. The molecule has 5 heteroatoms. The lowest BCUT2D eigenvalue weighted by molar-refractivity contribution is 0.0693. The van der Waals surface area contributed by atoms with Gasteiger partial charge in [-0.3, -0.25) is 0 Å². The van der Waals surface area contributed by atoms with Crippen LogP contribution in [0.1, 0.15) is 22.0 Å². The van der Waals surface area contributed by atoms with Gasteiger partial charge < -0.3 is 21.1 Å². The topological polar surface area (TPSA) is 104 Å². The molecule has 0 saturated carbocycles. The molecule has 0 heterocycles. The highest BCUT2D eigenvalue weighted by Crippen LogP contribution is 2.26. The van der Waals surface area contributed by atoms with Crippen LogP contribution in [0.15, 0.2) is 18.2 Å². The average Bonchev–Trinajstić information content (AvgIpc) is 2.16. The van der Waals surface area contributed by atoms with Crippen LogP contribution in [0.4, 0.5) is 0 Å². The molecule has 0 bridgehead atoms. The molecule has 5 N–H and O–H groups in total. The predicted molar refractivity (Wildman–Crippen MR) is 49.1 cm³/mol. The number of nitrogens with two attached hydrogens (primary N) is 1. The van der Waals surface area contributed by atoms with E-state index in [-0.39, 0.29) is 23.5 Å². The molecule has 0 radical (unpaired) electrons. The molecule has 0 saturated heterocycles. The molecule has 0 aromatic heterocycles. The molecular weight excluding hydrogens is 186 g/mol. The fraction of sp³-hybridized carbons (Fsp3) is 0.222. The maximum Gasteiger partial charge on any atom is 0.339 e. The van der Waals surface area contributed by atoms with Gasteiger partial charge in [0.05, 0.1) is 12.6 Å². The van der Waals surface area contributed by atoms with Crippen molar-refractivity contribution in [3.05, 3.63) is 29.3 Å². The molecule has 1 aromatic carbocycles. The van der Waals surface area contributed by atoms with Gasteiger partial charge in [0, 0.05) is 5.56 Å². The summed E-state index contributed by atoms with van der Waals surface area (Å²) in [5, 5.41) is 26.9. The van der Waals surface area contributed by atoms with Gasteiger partial charge in [0.15, 0.2) is 0 Å². The van der Waals surface area contributed by atoms with Crippen molar-refractivity contribution in [1.82, 2.24) is 0 Å². The Hall–Kier alpha value is -1.59. The van der Waals surface area contributed by atoms with E-state index in [1.54, 1.807) is 0 Å². The first-order valence-electron chi connectivity index (χ1n) is 3.99. The molecule has 0 aliphatic heterocycles. The van der Waals surface area contributed by atoms with Crippen LogP contribution in [-0.2, 0) is 0 Å². The Morgan fingerprint density at radius 1 is 1.50 bits per heavy atom. The Bertz CT molecular complexity index is 351. The van der Waals surface area contributed by atoms with E-state index in [1.807, 2.05) is 0 Å². The van der Waals surface area contributed by atoms with E-state index in [1.165, 1.54) is 18.2 Å². The fourth-order valence-electron chi connectivity index (χ4n) is 1.13. The number of aromatic carboxylic acids is 1. The summed E-state index contributed by atoms with van der Waals surface area (Å²) in [7, 11) is 0. The van der Waals surface area contributed by atoms with E-state index in [0.717, 1.165) is 0 Å². The second kappa shape index (κ2) is 4.08. The van der Waals surface area contributed by atoms with Crippen LogP contribution < -0.4 is 5.73 Å². The highest BCUT2D eigenvalue weighted by Gasteiger charge is 2.16. The van der Waals surface area contributed by atoms with Crippen LogP contribution in [0.3, 0.4) is 0 Å². The number of aliphatic hydroxyl groups is 1. The van der Waals surface area contributed by atoms with Crippen LogP contribution >= 0.6 is 0 Å². The molecule has 1 aromatic rings. The Morgan fingerprint density at radius 3 is 2.64 bits per heavy atom. The third kappa shape index (κ3) is 1.84. The number of aromatic hydroxyl groups is 1. The molecule has 0 aliphatic rings. The molecule has 5 nitrogen and oxygen atoms in total. The van der Waals surface area contributed by atoms with Crippen molar-refractivity contribution in [3.63, 3.8) is 0 Å². The number of carboxylic acids is 1. The van der Waals surface area contributed by atoms with Gasteiger partial charge in [-0.2, -0.15) is 0 Å². The first-order valence-corrected chi connectivity index (χ1v) is 3.99. The molecule has 1 rings (SSSR count). The van der Waals surface area contributed by atoms with Gasteiger partial charge in [0.2, 0.25) is 0 Å². The molecule has 0 fully saturated rings. The molecule has 1 atom stereocenters. The summed E-state index contributed by atoms with van der Waals surface area (Å²) < 4.78 is 0. The van der Waals surface area contributed by atoms with Crippen LogP contribution in [-0.4, -0.2) is 27.9 Å². The Balaban J connectivity index is 3.20. The Labute approximate surface area is 80.4 Å². The normalized spacial score (nSPS) is 12.4. The lowest BCUT2D eigenvalue weighted by Crippen LogP contribution is -2.15. The van der Waals surface area contributed by atoms with E-state index in [4.69, 9.17) is 15.9 Å². The fourth-order valence-corrected chi connectivity index (χ4v) is 1.13. The number of phenols is 1.